The van der Waals surface area contributed by atoms with Gasteiger partial charge in [-0.2, -0.15) is 0 Å². The van der Waals surface area contributed by atoms with Gasteiger partial charge in [0, 0.05) is 0 Å². The highest BCUT2D eigenvalue weighted by Crippen LogP contribution is 2.46. The molecule has 0 aromatic rings. The normalized spacial score (nSPS) is 52.5. The zero-order valence-electron chi connectivity index (χ0n) is 9.76. The maximum atomic E-state index is 2.56. The Balaban J connectivity index is 1.44. The van der Waals surface area contributed by atoms with Gasteiger partial charge in [-0.15, -0.1) is 0 Å². The van der Waals surface area contributed by atoms with Crippen LogP contribution in [0.25, 0.3) is 0 Å². The van der Waals surface area contributed by atoms with Crippen LogP contribution in [0, 0.1) is 35.5 Å². The van der Waals surface area contributed by atoms with E-state index in [1.54, 1.807) is 0 Å². The first kappa shape index (κ1) is 9.27. The summed E-state index contributed by atoms with van der Waals surface area (Å²) in [5.41, 5.74) is 0. The summed E-state index contributed by atoms with van der Waals surface area (Å²) in [6.07, 6.45) is 20.7. The average molecular weight is 212 g/mol. The van der Waals surface area contributed by atoms with E-state index < -0.39 is 0 Å². The monoisotopic (exact) mass is 212 g/mol. The third-order valence-corrected chi connectivity index (χ3v) is 5.27. The summed E-state index contributed by atoms with van der Waals surface area (Å²) in [4.78, 5) is 0. The van der Waals surface area contributed by atoms with Crippen LogP contribution in [0.5, 0.6) is 0 Å². The number of allylic oxidation sites excluding steroid dienone is 6. The quantitative estimate of drug-likeness (QED) is 0.608. The first-order valence-electron chi connectivity index (χ1n) is 6.93. The molecule has 0 nitrogen and oxygen atoms in total. The second-order valence-corrected chi connectivity index (χ2v) is 6.27. The second kappa shape index (κ2) is 3.35. The molecular weight excluding hydrogens is 192 g/mol. The fourth-order valence-electron chi connectivity index (χ4n) is 4.37. The van der Waals surface area contributed by atoms with E-state index in [9.17, 15) is 0 Å². The van der Waals surface area contributed by atoms with Gasteiger partial charge in [0.15, 0.2) is 0 Å². The van der Waals surface area contributed by atoms with E-state index in [1.807, 2.05) is 0 Å². The van der Waals surface area contributed by atoms with Crippen LogP contribution in [0.2, 0.25) is 0 Å². The SMILES string of the molecule is C1=CC2CC1CC2/C=C/C1CC2C=CC1C2. The molecule has 6 unspecified atom stereocenters. The Kier molecular flexibility index (Phi) is 1.94. The minimum Gasteiger partial charge on any atom is -0.0851 e. The summed E-state index contributed by atoms with van der Waals surface area (Å²) in [5, 5.41) is 0. The summed E-state index contributed by atoms with van der Waals surface area (Å²) in [6, 6.07) is 0. The number of hydrogen-bond donors (Lipinski definition) is 0. The van der Waals surface area contributed by atoms with Crippen LogP contribution in [0.4, 0.5) is 0 Å². The van der Waals surface area contributed by atoms with E-state index in [-0.39, 0.29) is 0 Å². The highest BCUT2D eigenvalue weighted by Gasteiger charge is 2.36. The summed E-state index contributed by atoms with van der Waals surface area (Å²) in [5.74, 6) is 5.35. The van der Waals surface area contributed by atoms with Crippen LogP contribution < -0.4 is 0 Å². The van der Waals surface area contributed by atoms with E-state index in [0.717, 1.165) is 35.5 Å². The molecule has 0 heterocycles. The molecule has 0 saturated heterocycles. The summed E-state index contributed by atoms with van der Waals surface area (Å²) in [7, 11) is 0. The van der Waals surface area contributed by atoms with Gasteiger partial charge in [-0.3, -0.25) is 0 Å². The van der Waals surface area contributed by atoms with E-state index in [2.05, 4.69) is 36.5 Å². The predicted molar refractivity (Wildman–Crippen MR) is 66.8 cm³/mol. The molecule has 0 heteroatoms. The van der Waals surface area contributed by atoms with Crippen molar-refractivity contribution in [3.63, 3.8) is 0 Å². The molecule has 0 aliphatic heterocycles. The molecule has 4 aliphatic rings. The molecule has 6 atom stereocenters. The second-order valence-electron chi connectivity index (χ2n) is 6.27. The zero-order valence-corrected chi connectivity index (χ0v) is 9.76. The van der Waals surface area contributed by atoms with Crippen molar-refractivity contribution in [2.75, 3.05) is 0 Å². The number of rotatable bonds is 2. The highest BCUT2D eigenvalue weighted by molar-refractivity contribution is 5.18. The van der Waals surface area contributed by atoms with Crippen LogP contribution >= 0.6 is 0 Å². The fraction of sp³-hybridized carbons (Fsp3) is 0.625. The lowest BCUT2D eigenvalue weighted by molar-refractivity contribution is 0.519. The minimum atomic E-state index is 0.873. The van der Waals surface area contributed by atoms with Gasteiger partial charge >= 0.3 is 0 Å². The molecular formula is C16H20. The maximum absolute atomic E-state index is 2.56. The zero-order chi connectivity index (χ0) is 10.5. The fourth-order valence-corrected chi connectivity index (χ4v) is 4.37. The van der Waals surface area contributed by atoms with Crippen molar-refractivity contribution in [1.29, 1.82) is 0 Å². The Morgan fingerprint density at radius 2 is 1.12 bits per heavy atom. The molecule has 4 rings (SSSR count). The minimum absolute atomic E-state index is 0.873. The summed E-state index contributed by atoms with van der Waals surface area (Å²) < 4.78 is 0. The molecule has 16 heavy (non-hydrogen) atoms. The van der Waals surface area contributed by atoms with Crippen molar-refractivity contribution in [3.8, 4) is 0 Å². The van der Waals surface area contributed by atoms with E-state index in [4.69, 9.17) is 0 Å². The molecule has 0 aromatic heterocycles. The van der Waals surface area contributed by atoms with Crippen molar-refractivity contribution in [3.05, 3.63) is 36.5 Å². The Labute approximate surface area is 98.1 Å². The van der Waals surface area contributed by atoms with Gasteiger partial charge in [-0.25, -0.2) is 0 Å². The van der Waals surface area contributed by atoms with Crippen LogP contribution in [0.1, 0.15) is 25.7 Å². The lowest BCUT2D eigenvalue weighted by Crippen LogP contribution is -2.07. The van der Waals surface area contributed by atoms with Gasteiger partial charge in [0.2, 0.25) is 0 Å². The lowest BCUT2D eigenvalue weighted by atomic mass is 9.88. The molecule has 2 saturated carbocycles. The van der Waals surface area contributed by atoms with Gasteiger partial charge in [0.1, 0.15) is 0 Å². The smallest absolute Gasteiger partial charge is 0.0165 e. The summed E-state index contributed by atoms with van der Waals surface area (Å²) >= 11 is 0. The summed E-state index contributed by atoms with van der Waals surface area (Å²) in [6.45, 7) is 0. The lowest BCUT2D eigenvalue weighted by Gasteiger charge is -2.17. The third-order valence-electron chi connectivity index (χ3n) is 5.27. The number of hydrogen-bond acceptors (Lipinski definition) is 0. The van der Waals surface area contributed by atoms with Gasteiger partial charge < -0.3 is 0 Å². The molecule has 0 N–H and O–H groups in total. The van der Waals surface area contributed by atoms with Crippen molar-refractivity contribution < 1.29 is 0 Å². The molecule has 0 amide bonds. The highest BCUT2D eigenvalue weighted by atomic mass is 14.4. The van der Waals surface area contributed by atoms with Crippen molar-refractivity contribution in [1.82, 2.24) is 0 Å². The standard InChI is InChI=1S/C16H20/c1-3-13-7-11(1)9-15(13)5-6-16-10-12-2-4-14(16)8-12/h1-6,11-16H,7-10H2/b6-5+. The first-order valence-corrected chi connectivity index (χ1v) is 6.93. The van der Waals surface area contributed by atoms with Crippen LogP contribution in [-0.2, 0) is 0 Å². The Hall–Kier alpha value is -0.780. The van der Waals surface area contributed by atoms with Crippen molar-refractivity contribution in [2.45, 2.75) is 25.7 Å². The first-order chi connectivity index (χ1) is 7.88. The van der Waals surface area contributed by atoms with Crippen LogP contribution in [0.15, 0.2) is 36.5 Å². The van der Waals surface area contributed by atoms with Crippen LogP contribution in [0.3, 0.4) is 0 Å². The van der Waals surface area contributed by atoms with E-state index >= 15 is 0 Å². The predicted octanol–water partition coefficient (Wildman–Crippen LogP) is 3.97. The number of fused-ring (bicyclic) bond motifs is 4. The molecule has 84 valence electrons. The third kappa shape index (κ3) is 1.35. The molecule has 0 radical (unpaired) electrons. The van der Waals surface area contributed by atoms with Gasteiger partial charge in [-0.1, -0.05) is 36.5 Å². The molecule has 4 bridgehead atoms. The average Bonchev–Trinajstić information content (AvgIpc) is 3.05. The van der Waals surface area contributed by atoms with Crippen molar-refractivity contribution in [2.24, 2.45) is 35.5 Å². The van der Waals surface area contributed by atoms with Crippen LogP contribution in [-0.4, -0.2) is 0 Å². The van der Waals surface area contributed by atoms with E-state index in [0.29, 0.717) is 0 Å². The maximum Gasteiger partial charge on any atom is -0.0165 e. The Morgan fingerprint density at radius 3 is 1.44 bits per heavy atom. The van der Waals surface area contributed by atoms with E-state index in [1.165, 1.54) is 25.7 Å². The van der Waals surface area contributed by atoms with Gasteiger partial charge in [-0.05, 0) is 61.2 Å². The molecule has 4 aliphatic carbocycles. The van der Waals surface area contributed by atoms with Gasteiger partial charge in [0.05, 0.1) is 0 Å². The topological polar surface area (TPSA) is 0 Å². The largest absolute Gasteiger partial charge is 0.0851 e. The molecule has 2 fully saturated rings. The Bertz CT molecular complexity index is 337. The van der Waals surface area contributed by atoms with Gasteiger partial charge in [0.25, 0.3) is 0 Å². The molecule has 0 aromatic carbocycles. The molecule has 0 spiro atoms. The van der Waals surface area contributed by atoms with Crippen molar-refractivity contribution >= 4 is 0 Å². The Morgan fingerprint density at radius 1 is 0.625 bits per heavy atom.